The second-order valence-electron chi connectivity index (χ2n) is 4.30. The van der Waals surface area contributed by atoms with Crippen molar-refractivity contribution in [2.45, 2.75) is 33.2 Å². The predicted octanol–water partition coefficient (Wildman–Crippen LogP) is 1.49. The highest BCUT2D eigenvalue weighted by Crippen LogP contribution is 2.21. The molecule has 2 rings (SSSR count). The van der Waals surface area contributed by atoms with Crippen LogP contribution in [-0.2, 0) is 6.54 Å². The highest BCUT2D eigenvalue weighted by atomic mass is 16.5. The van der Waals surface area contributed by atoms with Gasteiger partial charge in [-0.15, -0.1) is 0 Å². The summed E-state index contributed by atoms with van der Waals surface area (Å²) in [5.41, 5.74) is 6.69. The fourth-order valence-corrected chi connectivity index (χ4v) is 1.42. The lowest BCUT2D eigenvalue weighted by molar-refractivity contribution is 0.411. The number of hydrogen-bond donors (Lipinski definition) is 2. The molecule has 96 valence electrons. The molecule has 0 amide bonds. The first-order chi connectivity index (χ1) is 8.58. The molecule has 0 aliphatic carbocycles. The lowest BCUT2D eigenvalue weighted by Crippen LogP contribution is -2.11. The molecule has 0 aliphatic rings. The van der Waals surface area contributed by atoms with Crippen LogP contribution in [0.3, 0.4) is 0 Å². The summed E-state index contributed by atoms with van der Waals surface area (Å²) in [6, 6.07) is 0. The molecular weight excluding hydrogens is 232 g/mol. The zero-order valence-corrected chi connectivity index (χ0v) is 10.6. The van der Waals surface area contributed by atoms with E-state index in [0.29, 0.717) is 29.8 Å². The predicted molar refractivity (Wildman–Crippen MR) is 66.9 cm³/mol. The molecule has 0 bridgehead atoms. The summed E-state index contributed by atoms with van der Waals surface area (Å²) >= 11 is 0. The van der Waals surface area contributed by atoms with Crippen LogP contribution in [0.5, 0.6) is 0 Å². The Bertz CT molecular complexity index is 523. The van der Waals surface area contributed by atoms with E-state index in [4.69, 9.17) is 5.73 Å². The minimum Gasteiger partial charge on any atom is -0.383 e. The van der Waals surface area contributed by atoms with Crippen LogP contribution in [0, 0.1) is 6.92 Å². The molecule has 0 unspecified atom stereocenters. The maximum Gasteiger partial charge on any atom is 0.213 e. The van der Waals surface area contributed by atoms with E-state index in [0.717, 1.165) is 5.56 Å². The Kier molecular flexibility index (Phi) is 3.40. The summed E-state index contributed by atoms with van der Waals surface area (Å²) in [5, 5.41) is 6.85. The van der Waals surface area contributed by atoms with E-state index < -0.39 is 0 Å². The Hall–Kier alpha value is -2.18. The van der Waals surface area contributed by atoms with E-state index in [9.17, 15) is 0 Å². The van der Waals surface area contributed by atoms with E-state index in [2.05, 4.69) is 29.9 Å². The first-order valence-electron chi connectivity index (χ1n) is 5.71. The molecule has 2 aromatic heterocycles. The zero-order valence-electron chi connectivity index (χ0n) is 10.6. The van der Waals surface area contributed by atoms with Crippen LogP contribution in [0.4, 0.5) is 11.6 Å². The van der Waals surface area contributed by atoms with Gasteiger partial charge in [-0.1, -0.05) is 19.0 Å². The molecule has 0 aliphatic heterocycles. The third-order valence-electron chi connectivity index (χ3n) is 2.54. The van der Waals surface area contributed by atoms with Gasteiger partial charge in [0.15, 0.2) is 5.82 Å². The summed E-state index contributed by atoms with van der Waals surface area (Å²) < 4.78 is 4.66. The normalized spacial score (nSPS) is 10.9. The number of hydrogen-bond acceptors (Lipinski definition) is 7. The fraction of sp³-hybridized carbons (Fsp3) is 0.455. The van der Waals surface area contributed by atoms with Gasteiger partial charge in [0.1, 0.15) is 17.5 Å². The van der Waals surface area contributed by atoms with Gasteiger partial charge in [-0.3, -0.25) is 0 Å². The summed E-state index contributed by atoms with van der Waals surface area (Å²) in [7, 11) is 0. The lowest BCUT2D eigenvalue weighted by atomic mass is 10.2. The van der Waals surface area contributed by atoms with Gasteiger partial charge in [0.2, 0.25) is 6.39 Å². The van der Waals surface area contributed by atoms with Crippen molar-refractivity contribution >= 4 is 11.6 Å². The minimum absolute atomic E-state index is 0.221. The number of aromatic nitrogens is 4. The van der Waals surface area contributed by atoms with Crippen molar-refractivity contribution in [3.05, 3.63) is 23.6 Å². The number of anilines is 2. The molecule has 0 saturated carbocycles. The molecule has 0 aromatic carbocycles. The Morgan fingerprint density at radius 3 is 2.78 bits per heavy atom. The highest BCUT2D eigenvalue weighted by Gasteiger charge is 2.11. The standard InChI is InChI=1S/C11H16N6O/c1-6(2)10-15-9(12)7(3)11(16-10)13-4-8-14-5-18-17-8/h5-6H,4H2,1-3H3,(H3,12,13,15,16). The Morgan fingerprint density at radius 2 is 2.17 bits per heavy atom. The summed E-state index contributed by atoms with van der Waals surface area (Å²) in [5.74, 6) is 2.70. The summed E-state index contributed by atoms with van der Waals surface area (Å²) in [6.07, 6.45) is 1.29. The van der Waals surface area contributed by atoms with Crippen molar-refractivity contribution in [3.8, 4) is 0 Å². The average molecular weight is 248 g/mol. The van der Waals surface area contributed by atoms with Crippen molar-refractivity contribution in [3.63, 3.8) is 0 Å². The van der Waals surface area contributed by atoms with Gasteiger partial charge in [0.25, 0.3) is 0 Å². The molecule has 0 atom stereocenters. The van der Waals surface area contributed by atoms with Crippen molar-refractivity contribution in [1.29, 1.82) is 0 Å². The number of nitrogens with two attached hydrogens (primary N) is 1. The first-order valence-corrected chi connectivity index (χ1v) is 5.71. The quantitative estimate of drug-likeness (QED) is 0.844. The molecule has 0 fully saturated rings. The van der Waals surface area contributed by atoms with Gasteiger partial charge < -0.3 is 15.6 Å². The summed E-state index contributed by atoms with van der Waals surface area (Å²) in [4.78, 5) is 12.6. The van der Waals surface area contributed by atoms with E-state index >= 15 is 0 Å². The van der Waals surface area contributed by atoms with Crippen molar-refractivity contribution in [1.82, 2.24) is 20.1 Å². The van der Waals surface area contributed by atoms with Crippen LogP contribution in [0.25, 0.3) is 0 Å². The third-order valence-corrected chi connectivity index (χ3v) is 2.54. The lowest BCUT2D eigenvalue weighted by Gasteiger charge is -2.12. The molecule has 7 nitrogen and oxygen atoms in total. The van der Waals surface area contributed by atoms with Crippen LogP contribution >= 0.6 is 0 Å². The van der Waals surface area contributed by atoms with Gasteiger partial charge in [-0.05, 0) is 6.92 Å². The molecule has 0 radical (unpaired) electrons. The van der Waals surface area contributed by atoms with Gasteiger partial charge in [-0.2, -0.15) is 4.98 Å². The number of nitrogens with one attached hydrogen (secondary N) is 1. The molecule has 7 heteroatoms. The minimum atomic E-state index is 0.221. The number of nitrogen functional groups attached to an aromatic ring is 1. The van der Waals surface area contributed by atoms with Gasteiger partial charge in [0, 0.05) is 11.5 Å². The van der Waals surface area contributed by atoms with E-state index in [1.165, 1.54) is 6.39 Å². The van der Waals surface area contributed by atoms with Crippen molar-refractivity contribution in [2.75, 3.05) is 11.1 Å². The summed E-state index contributed by atoms with van der Waals surface area (Å²) in [6.45, 7) is 6.35. The van der Waals surface area contributed by atoms with Gasteiger partial charge in [-0.25, -0.2) is 9.97 Å². The van der Waals surface area contributed by atoms with Crippen LogP contribution < -0.4 is 11.1 Å². The monoisotopic (exact) mass is 248 g/mol. The van der Waals surface area contributed by atoms with E-state index in [1.54, 1.807) is 0 Å². The zero-order chi connectivity index (χ0) is 13.1. The van der Waals surface area contributed by atoms with E-state index in [-0.39, 0.29) is 5.92 Å². The first kappa shape index (κ1) is 12.3. The average Bonchev–Trinajstić information content (AvgIpc) is 2.83. The topological polar surface area (TPSA) is 103 Å². The number of rotatable bonds is 4. The SMILES string of the molecule is Cc1c(N)nc(C(C)C)nc1NCc1ncon1. The molecule has 2 aromatic rings. The smallest absolute Gasteiger partial charge is 0.213 e. The molecular formula is C11H16N6O. The van der Waals surface area contributed by atoms with Crippen LogP contribution in [0.15, 0.2) is 10.9 Å². The van der Waals surface area contributed by atoms with Crippen LogP contribution in [0.2, 0.25) is 0 Å². The molecule has 18 heavy (non-hydrogen) atoms. The van der Waals surface area contributed by atoms with Crippen molar-refractivity contribution in [2.24, 2.45) is 0 Å². The van der Waals surface area contributed by atoms with E-state index in [1.807, 2.05) is 20.8 Å². The molecule has 2 heterocycles. The van der Waals surface area contributed by atoms with Gasteiger partial charge in [0.05, 0.1) is 6.54 Å². The van der Waals surface area contributed by atoms with Crippen LogP contribution in [-0.4, -0.2) is 20.1 Å². The largest absolute Gasteiger partial charge is 0.383 e. The maximum atomic E-state index is 5.87. The molecule has 0 spiro atoms. The molecule has 0 saturated heterocycles. The van der Waals surface area contributed by atoms with Crippen LogP contribution in [0.1, 0.15) is 37.0 Å². The third kappa shape index (κ3) is 2.55. The second-order valence-corrected chi connectivity index (χ2v) is 4.30. The number of nitrogens with zero attached hydrogens (tertiary/aromatic N) is 4. The van der Waals surface area contributed by atoms with Gasteiger partial charge >= 0.3 is 0 Å². The Labute approximate surface area is 105 Å². The fourth-order valence-electron chi connectivity index (χ4n) is 1.42. The maximum absolute atomic E-state index is 5.87. The molecule has 3 N–H and O–H groups in total. The Balaban J connectivity index is 2.20. The Morgan fingerprint density at radius 1 is 1.39 bits per heavy atom. The second kappa shape index (κ2) is 4.99. The van der Waals surface area contributed by atoms with Crippen molar-refractivity contribution < 1.29 is 4.52 Å². The highest BCUT2D eigenvalue weighted by molar-refractivity contribution is 5.54.